The van der Waals surface area contributed by atoms with Gasteiger partial charge in [0, 0.05) is 7.05 Å². The molecule has 2 N–H and O–H groups in total. The number of amides is 4. The number of thiazole rings is 1. The van der Waals surface area contributed by atoms with Crippen LogP contribution in [0, 0.1) is 0 Å². The Kier molecular flexibility index (Phi) is 3.10. The zero-order valence-electron chi connectivity index (χ0n) is 10.8. The molecule has 1 aromatic heterocycles. The number of benzene rings is 1. The predicted molar refractivity (Wildman–Crippen MR) is 75.5 cm³/mol. The Morgan fingerprint density at radius 1 is 1.05 bits per heavy atom. The molecule has 0 saturated carbocycles. The van der Waals surface area contributed by atoms with Crippen LogP contribution in [0.5, 0.6) is 0 Å². The Labute approximate surface area is 121 Å². The maximum atomic E-state index is 11.5. The molecule has 0 atom stereocenters. The molecule has 1 saturated heterocycles. The number of nitrogens with one attached hydrogen (secondary N) is 2. The molecular formula is C12H9N5O3S. The van der Waals surface area contributed by atoms with E-state index < -0.39 is 23.6 Å². The molecule has 8 nitrogen and oxygen atoms in total. The molecule has 1 aliphatic rings. The minimum absolute atomic E-state index is 0.452. The number of aromatic nitrogens is 1. The number of hydrogen-bond acceptors (Lipinski definition) is 6. The summed E-state index contributed by atoms with van der Waals surface area (Å²) in [5, 5.41) is 11.5. The van der Waals surface area contributed by atoms with Crippen LogP contribution in [-0.4, -0.2) is 28.1 Å². The van der Waals surface area contributed by atoms with Crippen LogP contribution in [0.3, 0.4) is 0 Å². The molecule has 1 aliphatic heterocycles. The van der Waals surface area contributed by atoms with E-state index in [0.29, 0.717) is 4.80 Å². The van der Waals surface area contributed by atoms with E-state index in [4.69, 9.17) is 0 Å². The SMILES string of the molecule is Cn1/c(=N\N=C2C(=O)NC(=O)NC2=O)sc2ccccc21. The van der Waals surface area contributed by atoms with Crippen LogP contribution in [0.1, 0.15) is 0 Å². The van der Waals surface area contributed by atoms with Crippen molar-refractivity contribution in [3.8, 4) is 0 Å². The summed E-state index contributed by atoms with van der Waals surface area (Å²) in [7, 11) is 1.81. The van der Waals surface area contributed by atoms with E-state index >= 15 is 0 Å². The first-order chi connectivity index (χ1) is 10.1. The zero-order chi connectivity index (χ0) is 15.0. The van der Waals surface area contributed by atoms with Crippen LogP contribution < -0.4 is 15.4 Å². The predicted octanol–water partition coefficient (Wildman–Crippen LogP) is -0.138. The van der Waals surface area contributed by atoms with Gasteiger partial charge in [0.1, 0.15) is 0 Å². The molecule has 4 amide bonds. The summed E-state index contributed by atoms with van der Waals surface area (Å²) in [6, 6.07) is 6.80. The van der Waals surface area contributed by atoms with Crippen molar-refractivity contribution in [2.45, 2.75) is 0 Å². The van der Waals surface area contributed by atoms with Gasteiger partial charge in [-0.05, 0) is 12.1 Å². The summed E-state index contributed by atoms with van der Waals surface area (Å²) >= 11 is 1.37. The number of barbiturate groups is 1. The van der Waals surface area contributed by atoms with Gasteiger partial charge in [0.15, 0.2) is 0 Å². The lowest BCUT2D eigenvalue weighted by Gasteiger charge is -2.11. The second-order valence-corrected chi connectivity index (χ2v) is 5.21. The number of carbonyl (C=O) groups is 3. The highest BCUT2D eigenvalue weighted by Crippen LogP contribution is 2.15. The van der Waals surface area contributed by atoms with Crippen molar-refractivity contribution in [1.82, 2.24) is 15.2 Å². The van der Waals surface area contributed by atoms with E-state index in [1.807, 2.05) is 41.9 Å². The van der Waals surface area contributed by atoms with E-state index in [2.05, 4.69) is 10.2 Å². The number of carbonyl (C=O) groups excluding carboxylic acids is 3. The second kappa shape index (κ2) is 4.94. The monoisotopic (exact) mass is 303 g/mol. The van der Waals surface area contributed by atoms with E-state index in [0.717, 1.165) is 10.2 Å². The van der Waals surface area contributed by atoms with Crippen molar-refractivity contribution in [1.29, 1.82) is 0 Å². The summed E-state index contributed by atoms with van der Waals surface area (Å²) in [6.45, 7) is 0. The topological polar surface area (TPSA) is 105 Å². The first-order valence-electron chi connectivity index (χ1n) is 5.89. The number of hydrogen-bond donors (Lipinski definition) is 2. The van der Waals surface area contributed by atoms with Gasteiger partial charge in [-0.15, -0.1) is 10.2 Å². The molecule has 9 heteroatoms. The highest BCUT2D eigenvalue weighted by atomic mass is 32.1. The van der Waals surface area contributed by atoms with Crippen molar-refractivity contribution >= 4 is 45.1 Å². The molecule has 106 valence electrons. The Balaban J connectivity index is 2.06. The highest BCUT2D eigenvalue weighted by molar-refractivity contribution is 7.16. The van der Waals surface area contributed by atoms with Gasteiger partial charge in [-0.3, -0.25) is 20.2 Å². The molecular weight excluding hydrogens is 294 g/mol. The van der Waals surface area contributed by atoms with Crippen LogP contribution in [0.15, 0.2) is 34.5 Å². The number of urea groups is 1. The van der Waals surface area contributed by atoms with Crippen molar-refractivity contribution in [2.24, 2.45) is 17.3 Å². The van der Waals surface area contributed by atoms with Gasteiger partial charge in [0.25, 0.3) is 11.8 Å². The number of fused-ring (bicyclic) bond motifs is 1. The van der Waals surface area contributed by atoms with Crippen LogP contribution in [0.25, 0.3) is 10.2 Å². The average molecular weight is 303 g/mol. The third-order valence-electron chi connectivity index (χ3n) is 2.83. The number of rotatable bonds is 1. The lowest BCUT2D eigenvalue weighted by atomic mass is 10.3. The van der Waals surface area contributed by atoms with Gasteiger partial charge in [0.05, 0.1) is 10.2 Å². The van der Waals surface area contributed by atoms with Crippen molar-refractivity contribution < 1.29 is 14.4 Å². The van der Waals surface area contributed by atoms with Gasteiger partial charge < -0.3 is 4.57 Å². The van der Waals surface area contributed by atoms with Gasteiger partial charge >= 0.3 is 6.03 Å². The largest absolute Gasteiger partial charge is 0.328 e. The van der Waals surface area contributed by atoms with E-state index in [1.165, 1.54) is 11.3 Å². The standard InChI is InChI=1S/C12H9N5O3S/c1-17-6-4-2-3-5-7(6)21-12(17)16-15-8-9(18)13-11(20)14-10(8)19/h2-5H,1H3,(H2,13,14,18,19,20)/b16-12+. The van der Waals surface area contributed by atoms with Gasteiger partial charge in [-0.1, -0.05) is 23.5 Å². The first kappa shape index (κ1) is 13.2. The van der Waals surface area contributed by atoms with Gasteiger partial charge in [-0.25, -0.2) is 4.79 Å². The number of imide groups is 2. The number of nitrogens with zero attached hydrogens (tertiary/aromatic N) is 3. The molecule has 0 radical (unpaired) electrons. The summed E-state index contributed by atoms with van der Waals surface area (Å²) in [4.78, 5) is 34.5. The lowest BCUT2D eigenvalue weighted by molar-refractivity contribution is -0.119. The first-order valence-corrected chi connectivity index (χ1v) is 6.71. The van der Waals surface area contributed by atoms with Crippen molar-refractivity contribution in [3.05, 3.63) is 29.1 Å². The fraction of sp³-hybridized carbons (Fsp3) is 0.0833. The highest BCUT2D eigenvalue weighted by Gasteiger charge is 2.29. The fourth-order valence-electron chi connectivity index (χ4n) is 1.82. The van der Waals surface area contributed by atoms with E-state index in [9.17, 15) is 14.4 Å². The van der Waals surface area contributed by atoms with E-state index in [-0.39, 0.29) is 0 Å². The molecule has 21 heavy (non-hydrogen) atoms. The van der Waals surface area contributed by atoms with Gasteiger partial charge in [0.2, 0.25) is 10.5 Å². The van der Waals surface area contributed by atoms with Crippen LogP contribution in [-0.2, 0) is 16.6 Å². The molecule has 1 aromatic carbocycles. The molecule has 2 aromatic rings. The summed E-state index contributed by atoms with van der Waals surface area (Å²) < 4.78 is 2.81. The smallest absolute Gasteiger partial charge is 0.318 e. The third kappa shape index (κ3) is 2.34. The van der Waals surface area contributed by atoms with Crippen LogP contribution >= 0.6 is 11.3 Å². The van der Waals surface area contributed by atoms with Crippen molar-refractivity contribution in [2.75, 3.05) is 0 Å². The minimum atomic E-state index is -0.865. The Bertz CT molecular complexity index is 854. The molecule has 3 rings (SSSR count). The Hall–Kier alpha value is -2.81. The maximum Gasteiger partial charge on any atom is 0.328 e. The summed E-state index contributed by atoms with van der Waals surface area (Å²) in [5.74, 6) is -1.73. The number of para-hydroxylation sites is 1. The quantitative estimate of drug-likeness (QED) is 0.716. The lowest BCUT2D eigenvalue weighted by Crippen LogP contribution is -2.56. The minimum Gasteiger partial charge on any atom is -0.318 e. The Morgan fingerprint density at radius 3 is 2.38 bits per heavy atom. The second-order valence-electron chi connectivity index (χ2n) is 4.20. The third-order valence-corrected chi connectivity index (χ3v) is 3.94. The van der Waals surface area contributed by atoms with Crippen LogP contribution in [0.2, 0.25) is 0 Å². The normalized spacial score (nSPS) is 16.1. The zero-order valence-corrected chi connectivity index (χ0v) is 11.6. The maximum absolute atomic E-state index is 11.5. The average Bonchev–Trinajstić information content (AvgIpc) is 2.75. The van der Waals surface area contributed by atoms with Crippen LogP contribution in [0.4, 0.5) is 4.79 Å². The molecule has 0 spiro atoms. The Morgan fingerprint density at radius 2 is 1.71 bits per heavy atom. The van der Waals surface area contributed by atoms with Gasteiger partial charge in [-0.2, -0.15) is 0 Å². The van der Waals surface area contributed by atoms with Crippen molar-refractivity contribution in [3.63, 3.8) is 0 Å². The molecule has 0 aliphatic carbocycles. The molecule has 1 fully saturated rings. The molecule has 0 unspecified atom stereocenters. The summed E-state index contributed by atoms with van der Waals surface area (Å²) in [6.07, 6.45) is 0. The molecule has 2 heterocycles. The summed E-state index contributed by atoms with van der Waals surface area (Å²) in [5.41, 5.74) is 0.515. The fourth-order valence-corrected chi connectivity index (χ4v) is 2.79. The number of aryl methyl sites for hydroxylation is 1. The molecule has 0 bridgehead atoms. The van der Waals surface area contributed by atoms with E-state index in [1.54, 1.807) is 4.57 Å².